The molecule has 2 N–H and O–H groups in total. The Morgan fingerprint density at radius 1 is 1.05 bits per heavy atom. The third-order valence-electron chi connectivity index (χ3n) is 2.49. The summed E-state index contributed by atoms with van der Waals surface area (Å²) in [6.45, 7) is 0.933. The first-order valence-electron chi connectivity index (χ1n) is 6.01. The molecule has 1 aromatic heterocycles. The van der Waals surface area contributed by atoms with Gasteiger partial charge < -0.3 is 19.9 Å². The Hall–Kier alpha value is -2.41. The maximum atomic E-state index is 5.64. The largest absolute Gasteiger partial charge is 0.490 e. The molecule has 0 fully saturated rings. The number of aromatic nitrogens is 3. The summed E-state index contributed by atoms with van der Waals surface area (Å²) in [4.78, 5) is 12.1. The lowest BCUT2D eigenvalue weighted by Crippen LogP contribution is -2.07. The third-order valence-corrected chi connectivity index (χ3v) is 2.49. The summed E-state index contributed by atoms with van der Waals surface area (Å²) >= 11 is 0. The van der Waals surface area contributed by atoms with Crippen LogP contribution in [-0.2, 0) is 4.74 Å². The number of para-hydroxylation sites is 1. The van der Waals surface area contributed by atoms with Crippen LogP contribution in [0, 0.1) is 0 Å². The Kier molecular flexibility index (Phi) is 4.67. The number of anilines is 1. The summed E-state index contributed by atoms with van der Waals surface area (Å²) in [5, 5.41) is 0. The van der Waals surface area contributed by atoms with Gasteiger partial charge in [0, 0.05) is 7.11 Å². The molecule has 7 nitrogen and oxygen atoms in total. The lowest BCUT2D eigenvalue weighted by atomic mass is 10.2. The molecule has 0 aliphatic heterocycles. The van der Waals surface area contributed by atoms with Crippen LogP contribution in [0.2, 0.25) is 0 Å². The topological polar surface area (TPSA) is 92.4 Å². The molecule has 20 heavy (non-hydrogen) atoms. The van der Waals surface area contributed by atoms with Crippen LogP contribution in [0.4, 0.5) is 5.95 Å². The Bertz CT molecular complexity index is 577. The lowest BCUT2D eigenvalue weighted by molar-refractivity contribution is 0.146. The normalized spacial score (nSPS) is 10.3. The highest BCUT2D eigenvalue weighted by molar-refractivity contribution is 5.64. The first-order chi connectivity index (χ1) is 9.74. The molecule has 1 aromatic carbocycles. The zero-order valence-corrected chi connectivity index (χ0v) is 11.4. The molecule has 7 heteroatoms. The summed E-state index contributed by atoms with van der Waals surface area (Å²) in [6.07, 6.45) is 0. The number of nitrogens with two attached hydrogens (primary N) is 1. The van der Waals surface area contributed by atoms with E-state index in [1.807, 2.05) is 24.3 Å². The van der Waals surface area contributed by atoms with Crippen LogP contribution in [-0.4, -0.2) is 42.4 Å². The van der Waals surface area contributed by atoms with Crippen molar-refractivity contribution in [1.29, 1.82) is 0 Å². The van der Waals surface area contributed by atoms with Crippen molar-refractivity contribution in [2.24, 2.45) is 0 Å². The first kappa shape index (κ1) is 14.0. The van der Waals surface area contributed by atoms with Gasteiger partial charge in [-0.25, -0.2) is 0 Å². The summed E-state index contributed by atoms with van der Waals surface area (Å²) in [6, 6.07) is 7.57. The van der Waals surface area contributed by atoms with Gasteiger partial charge in [0.25, 0.3) is 0 Å². The van der Waals surface area contributed by atoms with Crippen molar-refractivity contribution in [3.8, 4) is 23.1 Å². The molecular formula is C13H16N4O3. The Morgan fingerprint density at radius 2 is 1.85 bits per heavy atom. The highest BCUT2D eigenvalue weighted by atomic mass is 16.5. The van der Waals surface area contributed by atoms with Crippen molar-refractivity contribution >= 4 is 5.95 Å². The van der Waals surface area contributed by atoms with Crippen LogP contribution in [0.3, 0.4) is 0 Å². The third kappa shape index (κ3) is 3.33. The van der Waals surface area contributed by atoms with Crippen LogP contribution in [0.1, 0.15) is 0 Å². The predicted octanol–water partition coefficient (Wildman–Crippen LogP) is 1.15. The predicted molar refractivity (Wildman–Crippen MR) is 73.6 cm³/mol. The van der Waals surface area contributed by atoms with Crippen LogP contribution in [0.5, 0.6) is 11.8 Å². The van der Waals surface area contributed by atoms with E-state index in [1.54, 1.807) is 7.11 Å². The Balaban J connectivity index is 2.34. The van der Waals surface area contributed by atoms with Gasteiger partial charge in [-0.3, -0.25) is 0 Å². The number of ether oxygens (including phenoxy) is 3. The quantitative estimate of drug-likeness (QED) is 0.791. The number of hydrogen-bond donors (Lipinski definition) is 1. The van der Waals surface area contributed by atoms with Crippen LogP contribution in [0.25, 0.3) is 11.4 Å². The second-order valence-electron chi connectivity index (χ2n) is 3.84. The van der Waals surface area contributed by atoms with Crippen molar-refractivity contribution in [3.05, 3.63) is 24.3 Å². The second kappa shape index (κ2) is 6.67. The SMILES string of the molecule is COCCOc1ccccc1-c1nc(N)nc(OC)n1. The van der Waals surface area contributed by atoms with Gasteiger partial charge in [-0.2, -0.15) is 15.0 Å². The van der Waals surface area contributed by atoms with Crippen molar-refractivity contribution < 1.29 is 14.2 Å². The zero-order valence-electron chi connectivity index (χ0n) is 11.4. The molecule has 0 spiro atoms. The van der Waals surface area contributed by atoms with Crippen molar-refractivity contribution in [1.82, 2.24) is 15.0 Å². The number of rotatable bonds is 6. The van der Waals surface area contributed by atoms with Gasteiger partial charge in [-0.15, -0.1) is 0 Å². The molecule has 0 aliphatic rings. The van der Waals surface area contributed by atoms with Crippen LogP contribution in [0.15, 0.2) is 24.3 Å². The average Bonchev–Trinajstić information content (AvgIpc) is 2.47. The molecule has 106 valence electrons. The van der Waals surface area contributed by atoms with E-state index in [0.717, 1.165) is 5.56 Å². The zero-order chi connectivity index (χ0) is 14.4. The smallest absolute Gasteiger partial charge is 0.321 e. The van der Waals surface area contributed by atoms with E-state index in [9.17, 15) is 0 Å². The number of nitrogens with zero attached hydrogens (tertiary/aromatic N) is 3. The minimum absolute atomic E-state index is 0.0959. The maximum Gasteiger partial charge on any atom is 0.321 e. The molecule has 1 heterocycles. The van der Waals surface area contributed by atoms with Crippen LogP contribution < -0.4 is 15.2 Å². The molecule has 0 amide bonds. The van der Waals surface area contributed by atoms with Gasteiger partial charge in [0.05, 0.1) is 19.3 Å². The molecule has 0 atom stereocenters. The minimum atomic E-state index is 0.0959. The van der Waals surface area contributed by atoms with Gasteiger partial charge >= 0.3 is 6.01 Å². The van der Waals surface area contributed by atoms with Crippen molar-refractivity contribution in [2.75, 3.05) is 33.2 Å². The van der Waals surface area contributed by atoms with E-state index < -0.39 is 0 Å². The van der Waals surface area contributed by atoms with Crippen molar-refractivity contribution in [2.45, 2.75) is 0 Å². The molecule has 0 saturated heterocycles. The summed E-state index contributed by atoms with van der Waals surface area (Å²) < 4.78 is 15.6. The molecule has 0 saturated carbocycles. The first-order valence-corrected chi connectivity index (χ1v) is 6.01. The lowest BCUT2D eigenvalue weighted by Gasteiger charge is -2.10. The van der Waals surface area contributed by atoms with Crippen molar-refractivity contribution in [3.63, 3.8) is 0 Å². The van der Waals surface area contributed by atoms with Gasteiger partial charge in [-0.05, 0) is 12.1 Å². The van der Waals surface area contributed by atoms with E-state index in [-0.39, 0.29) is 12.0 Å². The van der Waals surface area contributed by atoms with Gasteiger partial charge in [0.2, 0.25) is 5.95 Å². The van der Waals surface area contributed by atoms with Gasteiger partial charge in [0.15, 0.2) is 5.82 Å². The number of hydrogen-bond acceptors (Lipinski definition) is 7. The molecule has 0 aliphatic carbocycles. The summed E-state index contributed by atoms with van der Waals surface area (Å²) in [7, 11) is 3.09. The molecule has 0 bridgehead atoms. The fraction of sp³-hybridized carbons (Fsp3) is 0.308. The van der Waals surface area contributed by atoms with E-state index in [0.29, 0.717) is 24.8 Å². The molecule has 2 aromatic rings. The summed E-state index contributed by atoms with van der Waals surface area (Å²) in [5.41, 5.74) is 6.36. The fourth-order valence-electron chi connectivity index (χ4n) is 1.60. The maximum absolute atomic E-state index is 5.64. The molecule has 0 radical (unpaired) electrons. The second-order valence-corrected chi connectivity index (χ2v) is 3.84. The molecule has 2 rings (SSSR count). The number of benzene rings is 1. The number of methoxy groups -OCH3 is 2. The highest BCUT2D eigenvalue weighted by Crippen LogP contribution is 2.28. The van der Waals surface area contributed by atoms with E-state index in [4.69, 9.17) is 19.9 Å². The number of nitrogen functional groups attached to an aromatic ring is 1. The van der Waals surface area contributed by atoms with E-state index in [1.165, 1.54) is 7.11 Å². The van der Waals surface area contributed by atoms with Crippen LogP contribution >= 0.6 is 0 Å². The highest BCUT2D eigenvalue weighted by Gasteiger charge is 2.12. The summed E-state index contributed by atoms with van der Waals surface area (Å²) in [5.74, 6) is 1.15. The minimum Gasteiger partial charge on any atom is -0.490 e. The molecular weight excluding hydrogens is 260 g/mol. The van der Waals surface area contributed by atoms with E-state index in [2.05, 4.69) is 15.0 Å². The van der Waals surface area contributed by atoms with Gasteiger partial charge in [0.1, 0.15) is 12.4 Å². The standard InChI is InChI=1S/C13H16N4O3/c1-18-7-8-20-10-6-4-3-5-9(10)11-15-12(14)17-13(16-11)19-2/h3-6H,7-8H2,1-2H3,(H2,14,15,16,17). The monoisotopic (exact) mass is 276 g/mol. The average molecular weight is 276 g/mol. The fourth-order valence-corrected chi connectivity index (χ4v) is 1.60. The van der Waals surface area contributed by atoms with Gasteiger partial charge in [-0.1, -0.05) is 12.1 Å². The van der Waals surface area contributed by atoms with E-state index >= 15 is 0 Å². The molecule has 0 unspecified atom stereocenters. The Labute approximate surface area is 116 Å². The Morgan fingerprint density at radius 3 is 2.60 bits per heavy atom.